The summed E-state index contributed by atoms with van der Waals surface area (Å²) in [4.78, 5) is 4.25. The van der Waals surface area contributed by atoms with Crippen molar-refractivity contribution in [2.75, 3.05) is 0 Å². The molecule has 0 saturated heterocycles. The van der Waals surface area contributed by atoms with Crippen LogP contribution in [-0.2, 0) is 5.41 Å². The lowest BCUT2D eigenvalue weighted by atomic mass is 9.87. The molecule has 0 radical (unpaired) electrons. The van der Waals surface area contributed by atoms with Gasteiger partial charge in [0.05, 0.1) is 0 Å². The molecule has 0 aliphatic carbocycles. The Labute approximate surface area is 133 Å². The molecule has 0 bridgehead atoms. The summed E-state index contributed by atoms with van der Waals surface area (Å²) >= 11 is 3.35. The van der Waals surface area contributed by atoms with Crippen LogP contribution in [0.1, 0.15) is 31.9 Å². The Morgan fingerprint density at radius 3 is 2.33 bits per heavy atom. The van der Waals surface area contributed by atoms with E-state index in [0.29, 0.717) is 11.3 Å². The highest BCUT2D eigenvalue weighted by atomic mass is 79.9. The highest BCUT2D eigenvalue weighted by molar-refractivity contribution is 9.10. The second-order valence-electron chi connectivity index (χ2n) is 5.91. The van der Waals surface area contributed by atoms with E-state index in [0.717, 1.165) is 10.0 Å². The van der Waals surface area contributed by atoms with E-state index in [1.165, 1.54) is 6.21 Å². The van der Waals surface area contributed by atoms with Gasteiger partial charge in [0.1, 0.15) is 17.2 Å². The molecule has 110 valence electrons. The standard InChI is InChI=1S/C17H18BrNO2/c1-17(2,3)12-4-6-14(16(21)9-12)19-10-11-8-13(18)5-7-15(11)20/h4-10,20-21H,1-3H3. The maximum absolute atomic E-state index is 10.1. The fourth-order valence-corrected chi connectivity index (χ4v) is 2.25. The van der Waals surface area contributed by atoms with E-state index >= 15 is 0 Å². The van der Waals surface area contributed by atoms with Gasteiger partial charge in [0, 0.05) is 16.3 Å². The van der Waals surface area contributed by atoms with Gasteiger partial charge in [0.15, 0.2) is 0 Å². The summed E-state index contributed by atoms with van der Waals surface area (Å²) < 4.78 is 0.856. The fourth-order valence-electron chi connectivity index (χ4n) is 1.87. The van der Waals surface area contributed by atoms with Gasteiger partial charge in [0.2, 0.25) is 0 Å². The van der Waals surface area contributed by atoms with Crippen LogP contribution >= 0.6 is 15.9 Å². The van der Waals surface area contributed by atoms with Crippen molar-refractivity contribution in [2.24, 2.45) is 4.99 Å². The maximum atomic E-state index is 10.1. The third-order valence-electron chi connectivity index (χ3n) is 3.17. The topological polar surface area (TPSA) is 52.8 Å². The van der Waals surface area contributed by atoms with Gasteiger partial charge in [-0.2, -0.15) is 0 Å². The number of halogens is 1. The number of benzene rings is 2. The van der Waals surface area contributed by atoms with Crippen LogP contribution in [0.3, 0.4) is 0 Å². The second-order valence-corrected chi connectivity index (χ2v) is 6.83. The molecule has 2 rings (SSSR count). The van der Waals surface area contributed by atoms with Crippen LogP contribution in [0.25, 0.3) is 0 Å². The van der Waals surface area contributed by atoms with Crippen LogP contribution in [0.15, 0.2) is 45.9 Å². The summed E-state index contributed by atoms with van der Waals surface area (Å²) in [6.45, 7) is 6.26. The Kier molecular flexibility index (Phi) is 4.37. The molecule has 0 unspecified atom stereocenters. The normalized spacial score (nSPS) is 12.0. The average Bonchev–Trinajstić information content (AvgIpc) is 2.40. The zero-order valence-corrected chi connectivity index (χ0v) is 13.8. The molecular weight excluding hydrogens is 330 g/mol. The summed E-state index contributed by atoms with van der Waals surface area (Å²) in [5, 5.41) is 19.8. The van der Waals surface area contributed by atoms with Gasteiger partial charge < -0.3 is 10.2 Å². The number of phenolic OH excluding ortho intramolecular Hbond substituents is 2. The molecular formula is C17H18BrNO2. The van der Waals surface area contributed by atoms with E-state index in [2.05, 4.69) is 41.7 Å². The molecule has 4 heteroatoms. The fraction of sp³-hybridized carbons (Fsp3) is 0.235. The van der Waals surface area contributed by atoms with E-state index < -0.39 is 0 Å². The summed E-state index contributed by atoms with van der Waals surface area (Å²) in [5.41, 5.74) is 2.08. The van der Waals surface area contributed by atoms with Crippen LogP contribution in [0.4, 0.5) is 5.69 Å². The van der Waals surface area contributed by atoms with Gasteiger partial charge in [0.25, 0.3) is 0 Å². The number of nitrogens with zero attached hydrogens (tertiary/aromatic N) is 1. The number of phenols is 2. The molecule has 0 spiro atoms. The highest BCUT2D eigenvalue weighted by Gasteiger charge is 2.15. The molecule has 21 heavy (non-hydrogen) atoms. The van der Waals surface area contributed by atoms with Crippen molar-refractivity contribution < 1.29 is 10.2 Å². The lowest BCUT2D eigenvalue weighted by Crippen LogP contribution is -2.10. The number of aliphatic imine (C=N–C) groups is 1. The zero-order chi connectivity index (χ0) is 15.6. The SMILES string of the molecule is CC(C)(C)c1ccc(N=Cc2cc(Br)ccc2O)c(O)c1. The highest BCUT2D eigenvalue weighted by Crippen LogP contribution is 2.32. The molecule has 3 nitrogen and oxygen atoms in total. The molecule has 2 N–H and O–H groups in total. The summed E-state index contributed by atoms with van der Waals surface area (Å²) in [6.07, 6.45) is 1.53. The number of hydrogen-bond acceptors (Lipinski definition) is 3. The second kappa shape index (κ2) is 5.90. The van der Waals surface area contributed by atoms with Crippen LogP contribution in [0.5, 0.6) is 11.5 Å². The predicted octanol–water partition coefficient (Wildman–Crippen LogP) is 4.91. The summed E-state index contributed by atoms with van der Waals surface area (Å²) in [7, 11) is 0. The van der Waals surface area contributed by atoms with Crippen molar-refractivity contribution in [1.82, 2.24) is 0 Å². The molecule has 0 aromatic heterocycles. The van der Waals surface area contributed by atoms with E-state index in [-0.39, 0.29) is 16.9 Å². The van der Waals surface area contributed by atoms with Crippen molar-refractivity contribution in [3.63, 3.8) is 0 Å². The minimum absolute atomic E-state index is 0.0255. The van der Waals surface area contributed by atoms with Crippen LogP contribution < -0.4 is 0 Å². The molecule has 0 aliphatic heterocycles. The smallest absolute Gasteiger partial charge is 0.141 e. The van der Waals surface area contributed by atoms with Crippen molar-refractivity contribution in [3.05, 3.63) is 52.0 Å². The Balaban J connectivity index is 2.32. The van der Waals surface area contributed by atoms with Crippen molar-refractivity contribution in [1.29, 1.82) is 0 Å². The molecule has 0 saturated carbocycles. The minimum Gasteiger partial charge on any atom is -0.507 e. The van der Waals surface area contributed by atoms with E-state index in [1.807, 2.05) is 6.07 Å². The van der Waals surface area contributed by atoms with Crippen molar-refractivity contribution >= 4 is 27.8 Å². The molecule has 0 atom stereocenters. The zero-order valence-electron chi connectivity index (χ0n) is 12.3. The van der Waals surface area contributed by atoms with Gasteiger partial charge in [-0.1, -0.05) is 42.8 Å². The Hall–Kier alpha value is -1.81. The van der Waals surface area contributed by atoms with Gasteiger partial charge in [-0.15, -0.1) is 0 Å². The Morgan fingerprint density at radius 2 is 1.71 bits per heavy atom. The Bertz CT molecular complexity index is 688. The first kappa shape index (κ1) is 15.6. The average molecular weight is 348 g/mol. The monoisotopic (exact) mass is 347 g/mol. The van der Waals surface area contributed by atoms with Crippen molar-refractivity contribution in [2.45, 2.75) is 26.2 Å². The number of aromatic hydroxyl groups is 2. The Morgan fingerprint density at radius 1 is 1.00 bits per heavy atom. The predicted molar refractivity (Wildman–Crippen MR) is 89.9 cm³/mol. The first-order valence-electron chi connectivity index (χ1n) is 6.63. The molecule has 0 aliphatic rings. The minimum atomic E-state index is -0.0255. The first-order chi connectivity index (χ1) is 9.77. The lowest BCUT2D eigenvalue weighted by Gasteiger charge is -2.19. The van der Waals surface area contributed by atoms with E-state index in [4.69, 9.17) is 0 Å². The largest absolute Gasteiger partial charge is 0.507 e. The molecule has 0 amide bonds. The first-order valence-corrected chi connectivity index (χ1v) is 7.43. The lowest BCUT2D eigenvalue weighted by molar-refractivity contribution is 0.472. The van der Waals surface area contributed by atoms with Gasteiger partial charge >= 0.3 is 0 Å². The van der Waals surface area contributed by atoms with Gasteiger partial charge in [-0.3, -0.25) is 4.99 Å². The quantitative estimate of drug-likeness (QED) is 0.758. The van der Waals surface area contributed by atoms with Crippen LogP contribution in [0.2, 0.25) is 0 Å². The van der Waals surface area contributed by atoms with Crippen LogP contribution in [-0.4, -0.2) is 16.4 Å². The molecule has 2 aromatic carbocycles. The summed E-state index contributed by atoms with van der Waals surface area (Å²) in [6, 6.07) is 10.6. The molecule has 2 aromatic rings. The van der Waals surface area contributed by atoms with Crippen molar-refractivity contribution in [3.8, 4) is 11.5 Å². The van der Waals surface area contributed by atoms with Gasteiger partial charge in [-0.05, 0) is 41.3 Å². The summed E-state index contributed by atoms with van der Waals surface area (Å²) in [5.74, 6) is 0.279. The molecule has 0 fully saturated rings. The molecule has 0 heterocycles. The number of rotatable bonds is 2. The van der Waals surface area contributed by atoms with E-state index in [9.17, 15) is 10.2 Å². The van der Waals surface area contributed by atoms with Crippen LogP contribution in [0, 0.1) is 0 Å². The third kappa shape index (κ3) is 3.85. The third-order valence-corrected chi connectivity index (χ3v) is 3.67. The van der Waals surface area contributed by atoms with E-state index in [1.54, 1.807) is 30.3 Å². The number of hydrogen-bond donors (Lipinski definition) is 2. The van der Waals surface area contributed by atoms with Gasteiger partial charge in [-0.25, -0.2) is 0 Å². The maximum Gasteiger partial charge on any atom is 0.141 e.